The van der Waals surface area contributed by atoms with Gasteiger partial charge < -0.3 is 19.5 Å². The number of aromatic nitrogens is 6. The minimum Gasteiger partial charge on any atom is -0.381 e. The average Bonchev–Trinajstić information content (AvgIpc) is 3.61. The predicted octanol–water partition coefficient (Wildman–Crippen LogP) is 1.09. The van der Waals surface area contributed by atoms with E-state index in [1.165, 1.54) is 12.4 Å². The lowest BCUT2D eigenvalue weighted by atomic mass is 9.96. The van der Waals surface area contributed by atoms with Crippen LogP contribution in [0.1, 0.15) is 60.2 Å². The summed E-state index contributed by atoms with van der Waals surface area (Å²) in [5, 5.41) is 13.8. The molecule has 0 saturated carbocycles. The molecule has 3 saturated heterocycles. The molecular formula is C25H33N9O4. The highest BCUT2D eigenvalue weighted by molar-refractivity contribution is 5.92. The normalized spacial score (nSPS) is 21.8. The maximum absolute atomic E-state index is 12.8. The summed E-state index contributed by atoms with van der Waals surface area (Å²) in [5.74, 6) is 1.53. The lowest BCUT2D eigenvalue weighted by Crippen LogP contribution is -2.39. The Bertz CT molecular complexity index is 1330. The van der Waals surface area contributed by atoms with Gasteiger partial charge in [0.05, 0.1) is 17.8 Å². The molecule has 0 spiro atoms. The highest BCUT2D eigenvalue weighted by atomic mass is 16.5. The van der Waals surface area contributed by atoms with Gasteiger partial charge in [0, 0.05) is 57.7 Å². The van der Waals surface area contributed by atoms with Crippen molar-refractivity contribution in [2.75, 3.05) is 50.8 Å². The standard InChI is InChI=1S/C25H33N9O4/c35-23(31-37)18-11-26-25(27-12-18)33-7-1-16(2-8-33)14-32-6-3-17(15-32)21-29-22-20(24(36)30-21)13-28-34(22)19-4-9-38-10-5-19/h11-13,16-17,19,37H,1-10,14-15H2,(H,31,35)(H,29,30,36)/t17-/m0/s1. The number of H-pyrrole nitrogens is 1. The highest BCUT2D eigenvalue weighted by Crippen LogP contribution is 2.29. The Morgan fingerprint density at radius 1 is 1.08 bits per heavy atom. The molecular weight excluding hydrogens is 490 g/mol. The first-order chi connectivity index (χ1) is 18.6. The zero-order valence-electron chi connectivity index (χ0n) is 21.3. The Kier molecular flexibility index (Phi) is 7.04. The summed E-state index contributed by atoms with van der Waals surface area (Å²) in [4.78, 5) is 45.5. The SMILES string of the molecule is O=C(NO)c1cnc(N2CCC(CN3CC[C@H](c4nc5c(cnn5C5CCOCC5)c(=O)[nH]4)C3)CC2)nc1. The zero-order chi connectivity index (χ0) is 26.1. The summed E-state index contributed by atoms with van der Waals surface area (Å²) >= 11 is 0. The van der Waals surface area contributed by atoms with E-state index in [9.17, 15) is 9.59 Å². The van der Waals surface area contributed by atoms with Gasteiger partial charge in [0.25, 0.3) is 11.5 Å². The fraction of sp³-hybridized carbons (Fsp3) is 0.600. The number of amides is 1. The number of hydrogen-bond acceptors (Lipinski definition) is 10. The molecule has 3 fully saturated rings. The molecule has 1 atom stereocenters. The van der Waals surface area contributed by atoms with Crippen LogP contribution >= 0.6 is 0 Å². The number of hydroxylamine groups is 1. The minimum atomic E-state index is -0.622. The van der Waals surface area contributed by atoms with Gasteiger partial charge in [0.15, 0.2) is 5.65 Å². The van der Waals surface area contributed by atoms with E-state index in [1.807, 2.05) is 4.68 Å². The number of nitrogens with zero attached hydrogens (tertiary/aromatic N) is 7. The van der Waals surface area contributed by atoms with Crippen molar-refractivity contribution in [3.05, 3.63) is 40.3 Å². The Balaban J connectivity index is 1.05. The van der Waals surface area contributed by atoms with Crippen LogP contribution in [0.5, 0.6) is 0 Å². The first-order valence-electron chi connectivity index (χ1n) is 13.4. The number of hydrogen-bond donors (Lipinski definition) is 3. The van der Waals surface area contributed by atoms with Crippen molar-refractivity contribution in [3.8, 4) is 0 Å². The van der Waals surface area contributed by atoms with Crippen molar-refractivity contribution in [1.29, 1.82) is 0 Å². The molecule has 6 rings (SSSR count). The summed E-state index contributed by atoms with van der Waals surface area (Å²) < 4.78 is 7.42. The van der Waals surface area contributed by atoms with Gasteiger partial charge in [-0.05, 0) is 44.6 Å². The zero-order valence-corrected chi connectivity index (χ0v) is 21.3. The first-order valence-corrected chi connectivity index (χ1v) is 13.4. The van der Waals surface area contributed by atoms with Gasteiger partial charge in [-0.1, -0.05) is 0 Å². The van der Waals surface area contributed by atoms with Crippen LogP contribution in [-0.2, 0) is 4.74 Å². The van der Waals surface area contributed by atoms with Gasteiger partial charge in [0.2, 0.25) is 5.95 Å². The molecule has 38 heavy (non-hydrogen) atoms. The van der Waals surface area contributed by atoms with Gasteiger partial charge >= 0.3 is 0 Å². The molecule has 202 valence electrons. The third-order valence-electron chi connectivity index (χ3n) is 8.09. The second-order valence-corrected chi connectivity index (χ2v) is 10.5. The fourth-order valence-corrected chi connectivity index (χ4v) is 5.91. The molecule has 0 unspecified atom stereocenters. The summed E-state index contributed by atoms with van der Waals surface area (Å²) in [7, 11) is 0. The molecule has 0 bridgehead atoms. The van der Waals surface area contributed by atoms with E-state index in [4.69, 9.17) is 14.9 Å². The van der Waals surface area contributed by atoms with Crippen LogP contribution in [0.3, 0.4) is 0 Å². The lowest BCUT2D eigenvalue weighted by Gasteiger charge is -2.33. The largest absolute Gasteiger partial charge is 0.381 e. The van der Waals surface area contributed by atoms with E-state index >= 15 is 0 Å². The second-order valence-electron chi connectivity index (χ2n) is 10.5. The molecule has 3 aliphatic rings. The van der Waals surface area contributed by atoms with Gasteiger partial charge in [-0.15, -0.1) is 0 Å². The van der Waals surface area contributed by atoms with Gasteiger partial charge in [-0.3, -0.25) is 14.8 Å². The molecule has 0 aliphatic carbocycles. The number of likely N-dealkylation sites (tertiary alicyclic amines) is 1. The number of aromatic amines is 1. The van der Waals surface area contributed by atoms with Crippen LogP contribution in [0.2, 0.25) is 0 Å². The topological polar surface area (TPSA) is 154 Å². The molecule has 1 amide bonds. The third kappa shape index (κ3) is 5.00. The average molecular weight is 524 g/mol. The Hall–Kier alpha value is -3.42. The third-order valence-corrected chi connectivity index (χ3v) is 8.09. The molecule has 0 aromatic carbocycles. The smallest absolute Gasteiger partial charge is 0.277 e. The van der Waals surface area contributed by atoms with E-state index in [-0.39, 0.29) is 23.1 Å². The van der Waals surface area contributed by atoms with Crippen LogP contribution in [-0.4, -0.2) is 91.7 Å². The van der Waals surface area contributed by atoms with E-state index < -0.39 is 5.91 Å². The highest BCUT2D eigenvalue weighted by Gasteiger charge is 2.30. The molecule has 13 heteroatoms. The Labute approximate surface area is 219 Å². The van der Waals surface area contributed by atoms with Gasteiger partial charge in [0.1, 0.15) is 11.2 Å². The molecule has 3 N–H and O–H groups in total. The van der Waals surface area contributed by atoms with E-state index in [0.717, 1.165) is 70.7 Å². The second kappa shape index (κ2) is 10.8. The van der Waals surface area contributed by atoms with E-state index in [2.05, 4.69) is 29.9 Å². The number of fused-ring (bicyclic) bond motifs is 1. The van der Waals surface area contributed by atoms with E-state index in [1.54, 1.807) is 11.7 Å². The Morgan fingerprint density at radius 2 is 1.84 bits per heavy atom. The molecule has 3 aliphatic heterocycles. The van der Waals surface area contributed by atoms with Crippen LogP contribution in [0, 0.1) is 5.92 Å². The van der Waals surface area contributed by atoms with Crippen LogP contribution in [0.4, 0.5) is 5.95 Å². The summed E-state index contributed by atoms with van der Waals surface area (Å²) in [6.07, 6.45) is 9.31. The van der Waals surface area contributed by atoms with Gasteiger partial charge in [-0.25, -0.2) is 25.1 Å². The minimum absolute atomic E-state index is 0.110. The molecule has 3 aromatic rings. The molecule has 3 aromatic heterocycles. The van der Waals surface area contributed by atoms with Crippen LogP contribution in [0.25, 0.3) is 11.0 Å². The number of anilines is 1. The van der Waals surface area contributed by atoms with Crippen molar-refractivity contribution in [2.45, 2.75) is 44.1 Å². The number of nitrogens with one attached hydrogen (secondary N) is 2. The van der Waals surface area contributed by atoms with Crippen molar-refractivity contribution < 1.29 is 14.7 Å². The maximum Gasteiger partial charge on any atom is 0.277 e. The Morgan fingerprint density at radius 3 is 2.58 bits per heavy atom. The number of carbonyl (C=O) groups excluding carboxylic acids is 1. The van der Waals surface area contributed by atoms with Gasteiger partial charge in [-0.2, -0.15) is 5.10 Å². The van der Waals surface area contributed by atoms with Crippen LogP contribution in [0.15, 0.2) is 23.4 Å². The lowest BCUT2D eigenvalue weighted by molar-refractivity contribution is 0.0673. The van der Waals surface area contributed by atoms with E-state index in [0.29, 0.717) is 36.1 Å². The van der Waals surface area contributed by atoms with Crippen molar-refractivity contribution >= 4 is 22.9 Å². The number of carbonyl (C=O) groups is 1. The summed E-state index contributed by atoms with van der Waals surface area (Å²) in [5.41, 5.74) is 2.39. The van der Waals surface area contributed by atoms with Crippen molar-refractivity contribution in [3.63, 3.8) is 0 Å². The fourth-order valence-electron chi connectivity index (χ4n) is 5.91. The quantitative estimate of drug-likeness (QED) is 0.316. The first kappa shape index (κ1) is 24.9. The van der Waals surface area contributed by atoms with Crippen molar-refractivity contribution in [2.24, 2.45) is 5.92 Å². The predicted molar refractivity (Wildman–Crippen MR) is 137 cm³/mol. The maximum atomic E-state index is 12.8. The molecule has 6 heterocycles. The number of ether oxygens (including phenoxy) is 1. The number of piperidine rings is 1. The summed E-state index contributed by atoms with van der Waals surface area (Å²) in [6.45, 7) is 6.03. The van der Waals surface area contributed by atoms with Crippen LogP contribution < -0.4 is 15.9 Å². The van der Waals surface area contributed by atoms with Crippen molar-refractivity contribution in [1.82, 2.24) is 40.1 Å². The molecule has 13 nitrogen and oxygen atoms in total. The number of rotatable bonds is 6. The summed E-state index contributed by atoms with van der Waals surface area (Å²) in [6, 6.07) is 0.220. The molecule has 0 radical (unpaired) electrons. The monoisotopic (exact) mass is 523 g/mol.